The highest BCUT2D eigenvalue weighted by Gasteiger charge is 2.27. The summed E-state index contributed by atoms with van der Waals surface area (Å²) in [6.45, 7) is -2.26. The highest BCUT2D eigenvalue weighted by molar-refractivity contribution is 7.89. The average molecular weight is 323 g/mol. The number of rotatable bonds is 6. The number of nitrogen functional groups attached to an aromatic ring is 1. The molecule has 0 bridgehead atoms. The van der Waals surface area contributed by atoms with Crippen LogP contribution in [0.1, 0.15) is 5.56 Å². The first kappa shape index (κ1) is 17.2. The first-order chi connectivity index (χ1) is 9.65. The summed E-state index contributed by atoms with van der Waals surface area (Å²) < 4.78 is 65.5. The van der Waals surface area contributed by atoms with E-state index < -0.39 is 29.4 Å². The van der Waals surface area contributed by atoms with Gasteiger partial charge in [0.25, 0.3) is 0 Å². The minimum absolute atomic E-state index is 0.154. The minimum Gasteiger partial charge on any atom is -0.399 e. The van der Waals surface area contributed by atoms with Crippen LogP contribution in [0, 0.1) is 11.3 Å². The Bertz CT molecular complexity index is 638. The Hall–Kier alpha value is -1.83. The van der Waals surface area contributed by atoms with E-state index in [-0.39, 0.29) is 22.7 Å². The summed E-state index contributed by atoms with van der Waals surface area (Å²) in [5, 5.41) is 8.86. The zero-order valence-corrected chi connectivity index (χ0v) is 11.5. The summed E-state index contributed by atoms with van der Waals surface area (Å²) in [6, 6.07) is 5.32. The molecule has 6 nitrogen and oxygen atoms in total. The van der Waals surface area contributed by atoms with Gasteiger partial charge in [0, 0.05) is 12.2 Å². The maximum Gasteiger partial charge on any atom is 0.411 e. The van der Waals surface area contributed by atoms with E-state index >= 15 is 0 Å². The van der Waals surface area contributed by atoms with Gasteiger partial charge in [0.1, 0.15) is 12.7 Å². The number of anilines is 1. The summed E-state index contributed by atoms with van der Waals surface area (Å²) in [6.07, 6.45) is -4.47. The van der Waals surface area contributed by atoms with Crippen LogP contribution in [0.2, 0.25) is 0 Å². The molecule has 0 heterocycles. The van der Waals surface area contributed by atoms with E-state index in [1.807, 2.05) is 4.72 Å². The molecule has 21 heavy (non-hydrogen) atoms. The molecule has 0 aliphatic rings. The summed E-state index contributed by atoms with van der Waals surface area (Å²) in [7, 11) is -4.03. The number of nitriles is 1. The van der Waals surface area contributed by atoms with Crippen LogP contribution in [0.15, 0.2) is 23.1 Å². The Morgan fingerprint density at radius 1 is 1.38 bits per heavy atom. The summed E-state index contributed by atoms with van der Waals surface area (Å²) in [5.41, 5.74) is 5.50. The highest BCUT2D eigenvalue weighted by atomic mass is 32.2. The molecular weight excluding hydrogens is 311 g/mol. The van der Waals surface area contributed by atoms with Crippen molar-refractivity contribution in [3.63, 3.8) is 0 Å². The van der Waals surface area contributed by atoms with Gasteiger partial charge in [-0.05, 0) is 18.2 Å². The third-order valence-corrected chi connectivity index (χ3v) is 3.74. The molecule has 0 saturated carbocycles. The largest absolute Gasteiger partial charge is 0.411 e. The monoisotopic (exact) mass is 323 g/mol. The lowest BCUT2D eigenvalue weighted by Crippen LogP contribution is -2.29. The number of alkyl halides is 3. The van der Waals surface area contributed by atoms with Crippen molar-refractivity contribution in [2.45, 2.75) is 11.1 Å². The molecule has 1 aromatic carbocycles. The van der Waals surface area contributed by atoms with Crippen LogP contribution in [0.3, 0.4) is 0 Å². The van der Waals surface area contributed by atoms with Crippen LogP contribution >= 0.6 is 0 Å². The lowest BCUT2D eigenvalue weighted by molar-refractivity contribution is -0.173. The predicted molar refractivity (Wildman–Crippen MR) is 67.6 cm³/mol. The number of sulfonamides is 1. The van der Waals surface area contributed by atoms with Gasteiger partial charge >= 0.3 is 6.18 Å². The second kappa shape index (κ2) is 6.75. The molecule has 0 amide bonds. The number of benzene rings is 1. The smallest absolute Gasteiger partial charge is 0.399 e. The average Bonchev–Trinajstić information content (AvgIpc) is 2.36. The highest BCUT2D eigenvalue weighted by Crippen LogP contribution is 2.18. The van der Waals surface area contributed by atoms with E-state index in [1.54, 1.807) is 6.07 Å². The first-order valence-corrected chi connectivity index (χ1v) is 7.08. The Kier molecular flexibility index (Phi) is 5.54. The van der Waals surface area contributed by atoms with Crippen LogP contribution in [-0.4, -0.2) is 34.4 Å². The maximum absolute atomic E-state index is 11.9. The third-order valence-electron chi connectivity index (χ3n) is 2.22. The van der Waals surface area contributed by atoms with Crippen molar-refractivity contribution in [3.05, 3.63) is 23.8 Å². The second-order valence-electron chi connectivity index (χ2n) is 3.93. The fourth-order valence-electron chi connectivity index (χ4n) is 1.38. The standard InChI is InChI=1S/C11H12F3N3O3S/c12-11(13,14)7-20-4-3-17-21(18,19)10-2-1-9(16)5-8(10)6-15/h1-2,5,17H,3-4,7,16H2. The molecule has 0 aromatic heterocycles. The molecule has 0 fully saturated rings. The topological polar surface area (TPSA) is 105 Å². The second-order valence-corrected chi connectivity index (χ2v) is 5.67. The molecule has 1 rings (SSSR count). The van der Waals surface area contributed by atoms with Gasteiger partial charge in [0.05, 0.1) is 17.1 Å². The molecule has 10 heteroatoms. The van der Waals surface area contributed by atoms with Crippen LogP contribution in [0.4, 0.5) is 18.9 Å². The van der Waals surface area contributed by atoms with Crippen LogP contribution < -0.4 is 10.5 Å². The number of nitrogens with one attached hydrogen (secondary N) is 1. The predicted octanol–water partition coefficient (Wildman–Crippen LogP) is 0.998. The fraction of sp³-hybridized carbons (Fsp3) is 0.364. The van der Waals surface area contributed by atoms with Crippen LogP contribution in [-0.2, 0) is 14.8 Å². The maximum atomic E-state index is 11.9. The lowest BCUT2D eigenvalue weighted by atomic mass is 10.2. The van der Waals surface area contributed by atoms with Gasteiger partial charge in [0.2, 0.25) is 10.0 Å². The Balaban J connectivity index is 2.65. The molecule has 0 atom stereocenters. The summed E-state index contributed by atoms with van der Waals surface area (Å²) in [5.74, 6) is 0. The van der Waals surface area contributed by atoms with Gasteiger partial charge in [-0.1, -0.05) is 0 Å². The van der Waals surface area contributed by atoms with Crippen LogP contribution in [0.5, 0.6) is 0 Å². The molecule has 0 radical (unpaired) electrons. The Labute approximate surface area is 119 Å². The zero-order valence-electron chi connectivity index (χ0n) is 10.6. The van der Waals surface area contributed by atoms with Gasteiger partial charge in [-0.15, -0.1) is 0 Å². The summed E-state index contributed by atoms with van der Waals surface area (Å²) in [4.78, 5) is -0.296. The van der Waals surface area contributed by atoms with E-state index in [9.17, 15) is 21.6 Å². The normalized spacial score (nSPS) is 12.1. The molecule has 0 aliphatic heterocycles. The van der Waals surface area contributed by atoms with Gasteiger partial charge in [-0.25, -0.2) is 13.1 Å². The molecule has 0 saturated heterocycles. The molecule has 3 N–H and O–H groups in total. The van der Waals surface area contributed by atoms with E-state index in [0.717, 1.165) is 6.07 Å². The van der Waals surface area contributed by atoms with Crippen molar-refractivity contribution in [2.24, 2.45) is 0 Å². The van der Waals surface area contributed by atoms with E-state index in [1.165, 1.54) is 12.1 Å². The van der Waals surface area contributed by atoms with Crippen molar-refractivity contribution in [1.29, 1.82) is 5.26 Å². The fourth-order valence-corrected chi connectivity index (χ4v) is 2.53. The Morgan fingerprint density at radius 3 is 2.62 bits per heavy atom. The minimum atomic E-state index is -4.47. The number of halogens is 3. The number of ether oxygens (including phenoxy) is 1. The first-order valence-electron chi connectivity index (χ1n) is 5.59. The van der Waals surface area contributed by atoms with Gasteiger partial charge in [-0.3, -0.25) is 0 Å². The number of hydrogen-bond donors (Lipinski definition) is 2. The van der Waals surface area contributed by atoms with E-state index in [2.05, 4.69) is 4.74 Å². The van der Waals surface area contributed by atoms with Crippen molar-refractivity contribution >= 4 is 15.7 Å². The molecule has 0 spiro atoms. The van der Waals surface area contributed by atoms with Gasteiger partial charge < -0.3 is 10.5 Å². The lowest BCUT2D eigenvalue weighted by Gasteiger charge is -2.10. The molecule has 116 valence electrons. The SMILES string of the molecule is N#Cc1cc(N)ccc1S(=O)(=O)NCCOCC(F)(F)F. The zero-order chi connectivity index (χ0) is 16.1. The number of nitrogens with two attached hydrogens (primary N) is 1. The van der Waals surface area contributed by atoms with Gasteiger partial charge in [0.15, 0.2) is 0 Å². The van der Waals surface area contributed by atoms with Crippen LogP contribution in [0.25, 0.3) is 0 Å². The van der Waals surface area contributed by atoms with Gasteiger partial charge in [-0.2, -0.15) is 18.4 Å². The van der Waals surface area contributed by atoms with Crippen molar-refractivity contribution in [2.75, 3.05) is 25.5 Å². The molecule has 1 aromatic rings. The number of nitrogens with zero attached hydrogens (tertiary/aromatic N) is 1. The Morgan fingerprint density at radius 2 is 2.05 bits per heavy atom. The van der Waals surface area contributed by atoms with Crippen molar-refractivity contribution < 1.29 is 26.3 Å². The van der Waals surface area contributed by atoms with E-state index in [0.29, 0.717) is 0 Å². The number of hydrogen-bond acceptors (Lipinski definition) is 5. The quantitative estimate of drug-likeness (QED) is 0.600. The van der Waals surface area contributed by atoms with Crippen molar-refractivity contribution in [1.82, 2.24) is 4.72 Å². The molecular formula is C11H12F3N3O3S. The molecule has 0 unspecified atom stereocenters. The van der Waals surface area contributed by atoms with E-state index in [4.69, 9.17) is 11.0 Å². The molecule has 0 aliphatic carbocycles. The third kappa shape index (κ3) is 5.58. The summed E-state index contributed by atoms with van der Waals surface area (Å²) >= 11 is 0. The van der Waals surface area contributed by atoms with Crippen molar-refractivity contribution in [3.8, 4) is 6.07 Å².